The van der Waals surface area contributed by atoms with E-state index in [0.29, 0.717) is 13.0 Å². The summed E-state index contributed by atoms with van der Waals surface area (Å²) in [6, 6.07) is 15.3. The number of benzene rings is 2. The lowest BCUT2D eigenvalue weighted by molar-refractivity contribution is -0.0907. The molecule has 1 amide bonds. The highest BCUT2D eigenvalue weighted by Crippen LogP contribution is 2.33. The number of aryl methyl sites for hydroxylation is 1. The number of aliphatic hydroxyl groups is 2. The molecule has 2 heterocycles. The lowest BCUT2D eigenvalue weighted by Gasteiger charge is -2.31. The van der Waals surface area contributed by atoms with E-state index in [0.717, 1.165) is 17.5 Å². The Balaban J connectivity index is 0.00000147. The van der Waals surface area contributed by atoms with Crippen LogP contribution in [-0.2, 0) is 30.7 Å². The molecule has 0 aromatic heterocycles. The maximum Gasteiger partial charge on any atom is 0.407 e. The molecule has 2 aliphatic rings. The summed E-state index contributed by atoms with van der Waals surface area (Å²) in [6.07, 6.45) is -1.61. The Bertz CT molecular complexity index is 1180. The Morgan fingerprint density at radius 2 is 1.76 bits per heavy atom. The SMILES string of the molecule is CCO.Cc1ccc(S(=O)(=O)N(CC(C)C)C[C@@H](O)[C@H](Cc2ccccc2)NC(=O)O[C@H]2CO[C@H]3OCC[C@H]32)cc1. The van der Waals surface area contributed by atoms with Crippen LogP contribution in [0.15, 0.2) is 59.5 Å². The van der Waals surface area contributed by atoms with Crippen molar-refractivity contribution in [2.24, 2.45) is 11.8 Å². The number of aliphatic hydroxyl groups excluding tert-OH is 2. The number of sulfonamides is 1. The van der Waals surface area contributed by atoms with E-state index < -0.39 is 34.4 Å². The van der Waals surface area contributed by atoms with Gasteiger partial charge in [0.1, 0.15) is 6.10 Å². The van der Waals surface area contributed by atoms with E-state index in [2.05, 4.69) is 5.32 Å². The van der Waals surface area contributed by atoms with Crippen LogP contribution in [0.4, 0.5) is 4.79 Å². The first-order valence-corrected chi connectivity index (χ1v) is 15.6. The van der Waals surface area contributed by atoms with Crippen molar-refractivity contribution in [1.29, 1.82) is 0 Å². The Kier molecular flexibility index (Phi) is 12.6. The number of ether oxygens (including phenoxy) is 3. The first-order chi connectivity index (χ1) is 19.5. The van der Waals surface area contributed by atoms with E-state index in [1.807, 2.05) is 51.1 Å². The second-order valence-electron chi connectivity index (χ2n) is 10.8. The van der Waals surface area contributed by atoms with Gasteiger partial charge in [-0.3, -0.25) is 0 Å². The number of nitrogens with one attached hydrogen (secondary N) is 1. The number of amides is 1. The summed E-state index contributed by atoms with van der Waals surface area (Å²) in [5.41, 5.74) is 1.84. The van der Waals surface area contributed by atoms with Crippen LogP contribution < -0.4 is 5.32 Å². The van der Waals surface area contributed by atoms with Gasteiger partial charge in [0.05, 0.1) is 36.2 Å². The first-order valence-electron chi connectivity index (χ1n) is 14.1. The van der Waals surface area contributed by atoms with Gasteiger partial charge >= 0.3 is 6.09 Å². The number of carbonyl (C=O) groups is 1. The van der Waals surface area contributed by atoms with E-state index >= 15 is 0 Å². The van der Waals surface area contributed by atoms with Crippen LogP contribution in [0.1, 0.15) is 38.3 Å². The summed E-state index contributed by atoms with van der Waals surface area (Å²) < 4.78 is 45.1. The van der Waals surface area contributed by atoms with Gasteiger partial charge in [0.25, 0.3) is 0 Å². The number of nitrogens with zero attached hydrogens (tertiary/aromatic N) is 1. The molecule has 0 bridgehead atoms. The van der Waals surface area contributed by atoms with Crippen molar-refractivity contribution in [2.45, 2.75) is 70.0 Å². The van der Waals surface area contributed by atoms with E-state index in [4.69, 9.17) is 19.3 Å². The molecule has 0 unspecified atom stereocenters. The Morgan fingerprint density at radius 3 is 2.39 bits per heavy atom. The molecule has 0 spiro atoms. The van der Waals surface area contributed by atoms with E-state index in [1.165, 1.54) is 4.31 Å². The second kappa shape index (κ2) is 15.6. The van der Waals surface area contributed by atoms with Gasteiger partial charge in [-0.15, -0.1) is 0 Å². The monoisotopic (exact) mass is 592 g/mol. The molecule has 2 saturated heterocycles. The third-order valence-electron chi connectivity index (χ3n) is 6.93. The van der Waals surface area contributed by atoms with Gasteiger partial charge in [-0.2, -0.15) is 4.31 Å². The Morgan fingerprint density at radius 1 is 1.10 bits per heavy atom. The summed E-state index contributed by atoms with van der Waals surface area (Å²) in [4.78, 5) is 13.1. The van der Waals surface area contributed by atoms with Gasteiger partial charge < -0.3 is 29.7 Å². The zero-order valence-electron chi connectivity index (χ0n) is 24.3. The standard InChI is InChI=1S/C28H38N2O7S.C2H6O/c1-19(2)16-30(38(33,34)22-11-9-20(3)10-12-22)17-25(31)24(15-21-7-5-4-6-8-21)29-28(32)37-26-18-36-27-23(26)13-14-35-27;1-2-3/h4-12,19,23-27,31H,13-18H2,1-3H3,(H,29,32);3H,2H2,1H3/t23-,24-,25+,26-,27+;/m0./s1. The van der Waals surface area contributed by atoms with Gasteiger partial charge in [0.2, 0.25) is 10.0 Å². The third kappa shape index (κ3) is 9.49. The van der Waals surface area contributed by atoms with Gasteiger partial charge in [0.15, 0.2) is 6.29 Å². The summed E-state index contributed by atoms with van der Waals surface area (Å²) in [7, 11) is -3.87. The number of rotatable bonds is 11. The highest BCUT2D eigenvalue weighted by atomic mass is 32.2. The molecule has 41 heavy (non-hydrogen) atoms. The average Bonchev–Trinajstić information content (AvgIpc) is 3.54. The molecule has 2 aromatic carbocycles. The van der Waals surface area contributed by atoms with Crippen molar-refractivity contribution >= 4 is 16.1 Å². The number of hydrogen-bond donors (Lipinski definition) is 3. The van der Waals surface area contributed by atoms with Crippen LogP contribution in [0.2, 0.25) is 0 Å². The molecule has 0 aliphatic carbocycles. The molecule has 5 atom stereocenters. The number of carbonyl (C=O) groups excluding carboxylic acids is 1. The minimum Gasteiger partial charge on any atom is -0.443 e. The predicted molar refractivity (Wildman–Crippen MR) is 155 cm³/mol. The molecular weight excluding hydrogens is 548 g/mol. The molecule has 11 heteroatoms. The highest BCUT2D eigenvalue weighted by Gasteiger charge is 2.44. The zero-order valence-corrected chi connectivity index (χ0v) is 25.1. The summed E-state index contributed by atoms with van der Waals surface area (Å²) >= 11 is 0. The van der Waals surface area contributed by atoms with Crippen LogP contribution >= 0.6 is 0 Å². The van der Waals surface area contributed by atoms with E-state index in [9.17, 15) is 18.3 Å². The second-order valence-corrected chi connectivity index (χ2v) is 12.8. The molecule has 4 rings (SSSR count). The maximum absolute atomic E-state index is 13.5. The topological polar surface area (TPSA) is 135 Å². The smallest absolute Gasteiger partial charge is 0.407 e. The molecular formula is C30H44N2O8S. The first kappa shape index (κ1) is 33.0. The van der Waals surface area contributed by atoms with Crippen molar-refractivity contribution in [3.63, 3.8) is 0 Å². The quantitative estimate of drug-likeness (QED) is 0.362. The van der Waals surface area contributed by atoms with Crippen LogP contribution in [0, 0.1) is 18.8 Å². The summed E-state index contributed by atoms with van der Waals surface area (Å²) in [5.74, 6) is 0.0105. The van der Waals surface area contributed by atoms with Crippen molar-refractivity contribution < 1.29 is 37.6 Å². The van der Waals surface area contributed by atoms with Gasteiger partial charge in [-0.1, -0.05) is 61.9 Å². The van der Waals surface area contributed by atoms with E-state index in [-0.39, 0.29) is 49.3 Å². The summed E-state index contributed by atoms with van der Waals surface area (Å²) in [6.45, 7) is 8.52. The molecule has 0 radical (unpaired) electrons. The van der Waals surface area contributed by atoms with Crippen LogP contribution in [-0.4, -0.2) is 86.5 Å². The Hall–Kier alpha value is -2.54. The van der Waals surface area contributed by atoms with Crippen LogP contribution in [0.5, 0.6) is 0 Å². The molecule has 0 saturated carbocycles. The molecule has 228 valence electrons. The third-order valence-corrected chi connectivity index (χ3v) is 8.77. The zero-order chi connectivity index (χ0) is 30.0. The molecule has 2 aliphatic heterocycles. The van der Waals surface area contributed by atoms with Crippen LogP contribution in [0.25, 0.3) is 0 Å². The number of hydrogen-bond acceptors (Lipinski definition) is 8. The predicted octanol–water partition coefficient (Wildman–Crippen LogP) is 3.10. The molecule has 2 fully saturated rings. The minimum absolute atomic E-state index is 0.0144. The van der Waals surface area contributed by atoms with Crippen molar-refractivity contribution in [3.8, 4) is 0 Å². The van der Waals surface area contributed by atoms with Gasteiger partial charge in [-0.25, -0.2) is 13.2 Å². The largest absolute Gasteiger partial charge is 0.443 e. The Labute approximate surface area is 243 Å². The lowest BCUT2D eigenvalue weighted by Crippen LogP contribution is -2.51. The average molecular weight is 593 g/mol. The molecule has 3 N–H and O–H groups in total. The van der Waals surface area contributed by atoms with Crippen LogP contribution in [0.3, 0.4) is 0 Å². The molecule has 2 aromatic rings. The fourth-order valence-corrected chi connectivity index (χ4v) is 6.52. The van der Waals surface area contributed by atoms with Crippen molar-refractivity contribution in [3.05, 3.63) is 65.7 Å². The van der Waals surface area contributed by atoms with Crippen molar-refractivity contribution in [2.75, 3.05) is 32.9 Å². The lowest BCUT2D eigenvalue weighted by atomic mass is 10.0. The van der Waals surface area contributed by atoms with Crippen molar-refractivity contribution in [1.82, 2.24) is 9.62 Å². The summed E-state index contributed by atoms with van der Waals surface area (Å²) in [5, 5.41) is 21.7. The van der Waals surface area contributed by atoms with Gasteiger partial charge in [-0.05, 0) is 50.3 Å². The number of alkyl carbamates (subject to hydrolysis) is 1. The fourth-order valence-electron chi connectivity index (χ4n) is 4.89. The minimum atomic E-state index is -3.87. The normalized spacial score (nSPS) is 21.6. The fraction of sp³-hybridized carbons (Fsp3) is 0.567. The number of fused-ring (bicyclic) bond motifs is 1. The maximum atomic E-state index is 13.5. The van der Waals surface area contributed by atoms with Gasteiger partial charge in [0, 0.05) is 19.7 Å². The van der Waals surface area contributed by atoms with E-state index in [1.54, 1.807) is 31.2 Å². The molecule has 10 nitrogen and oxygen atoms in total. The highest BCUT2D eigenvalue weighted by molar-refractivity contribution is 7.89.